The number of hydrogen-bond donors (Lipinski definition) is 3. The van der Waals surface area contributed by atoms with Gasteiger partial charge in [-0.2, -0.15) is 4.98 Å². The second-order valence-corrected chi connectivity index (χ2v) is 29.9. The van der Waals surface area contributed by atoms with Crippen LogP contribution >= 0.6 is 0 Å². The first kappa shape index (κ1) is 61.4. The predicted molar refractivity (Wildman–Crippen MR) is 382 cm³/mol. The van der Waals surface area contributed by atoms with E-state index in [4.69, 9.17) is 24.4 Å². The molecule has 0 amide bonds. The molecule has 3 N–H and O–H groups in total. The molecule has 94 heavy (non-hydrogen) atoms. The highest BCUT2D eigenvalue weighted by Crippen LogP contribution is 2.73. The smallest absolute Gasteiger partial charge is 0.217 e. The minimum atomic E-state index is -0.355. The van der Waals surface area contributed by atoms with Crippen LogP contribution in [0.4, 0.5) is 0 Å². The summed E-state index contributed by atoms with van der Waals surface area (Å²) in [5.41, 5.74) is 21.6. The van der Waals surface area contributed by atoms with E-state index in [9.17, 15) is 10.2 Å². The summed E-state index contributed by atoms with van der Waals surface area (Å²) >= 11 is 0. The maximum absolute atomic E-state index is 11.4. The summed E-state index contributed by atoms with van der Waals surface area (Å²) in [6.45, 7) is 8.09. The average Bonchev–Trinajstić information content (AvgIpc) is 1.30. The van der Waals surface area contributed by atoms with Gasteiger partial charge in [0.15, 0.2) is 5.82 Å². The number of benzene rings is 1. The summed E-state index contributed by atoms with van der Waals surface area (Å²) in [4.78, 5) is 15.8. The molecule has 8 heteroatoms. The van der Waals surface area contributed by atoms with Crippen molar-refractivity contribution < 1.29 is 19.7 Å². The van der Waals surface area contributed by atoms with Gasteiger partial charge >= 0.3 is 0 Å². The quantitative estimate of drug-likeness (QED) is 0.129. The molecule has 1 fully saturated rings. The van der Waals surface area contributed by atoms with Gasteiger partial charge in [-0.15, -0.1) is 0 Å². The maximum atomic E-state index is 11.4. The van der Waals surface area contributed by atoms with Crippen LogP contribution in [0.15, 0.2) is 218 Å². The molecule has 0 saturated heterocycles. The van der Waals surface area contributed by atoms with Gasteiger partial charge in [0, 0.05) is 52.7 Å². The summed E-state index contributed by atoms with van der Waals surface area (Å²) < 4.78 is 13.8. The molecule has 0 radical (unpaired) electrons. The van der Waals surface area contributed by atoms with E-state index in [1.807, 2.05) is 12.2 Å². The van der Waals surface area contributed by atoms with Crippen LogP contribution in [0.1, 0.15) is 198 Å². The first-order valence-corrected chi connectivity index (χ1v) is 37.2. The number of aliphatic hydroxyl groups is 2. The Morgan fingerprint density at radius 2 is 1.49 bits per heavy atom. The third-order valence-corrected chi connectivity index (χ3v) is 24.9. The Hall–Kier alpha value is -7.45. The van der Waals surface area contributed by atoms with E-state index < -0.39 is 0 Å². The van der Waals surface area contributed by atoms with Gasteiger partial charge in [0.2, 0.25) is 11.8 Å². The molecule has 2 aromatic rings. The van der Waals surface area contributed by atoms with Gasteiger partial charge in [0.25, 0.3) is 0 Å². The van der Waals surface area contributed by atoms with Crippen molar-refractivity contribution in [1.82, 2.24) is 15.3 Å². The largest absolute Gasteiger partial charge is 0.512 e. The predicted octanol–water partition coefficient (Wildman–Crippen LogP) is 20.6. The van der Waals surface area contributed by atoms with Gasteiger partial charge in [-0.05, 0) is 213 Å². The van der Waals surface area contributed by atoms with Crippen molar-refractivity contribution in [2.45, 2.75) is 186 Å². The molecule has 2 heterocycles. The third-order valence-electron chi connectivity index (χ3n) is 24.9. The molecule has 1 aromatic carbocycles. The maximum Gasteiger partial charge on any atom is 0.217 e. The number of aliphatic imine (C=N–C) groups is 1. The first-order chi connectivity index (χ1) is 46.3. The first-order valence-electron chi connectivity index (χ1n) is 37.2. The Kier molecular flexibility index (Phi) is 16.9. The van der Waals surface area contributed by atoms with Crippen LogP contribution in [0.25, 0.3) is 16.7 Å². The minimum absolute atomic E-state index is 0.0821. The molecule has 2 spiro atoms. The van der Waals surface area contributed by atoms with Crippen LogP contribution in [-0.2, 0) is 10.2 Å². The summed E-state index contributed by atoms with van der Waals surface area (Å²) in [6, 6.07) is 11.5. The van der Waals surface area contributed by atoms with Crippen molar-refractivity contribution in [2.75, 3.05) is 13.2 Å². The number of rotatable bonds is 19. The third kappa shape index (κ3) is 10.5. The molecule has 1 saturated carbocycles. The normalized spacial score (nSPS) is 31.2. The van der Waals surface area contributed by atoms with Crippen molar-refractivity contribution in [2.24, 2.45) is 63.7 Å². The zero-order chi connectivity index (χ0) is 63.5. The van der Waals surface area contributed by atoms with E-state index in [0.29, 0.717) is 96.8 Å². The molecule has 1 aromatic heterocycles. The fourth-order valence-corrected chi connectivity index (χ4v) is 20.5. The van der Waals surface area contributed by atoms with E-state index in [1.165, 1.54) is 60.0 Å². The molecular formula is C86H98N4O4. The van der Waals surface area contributed by atoms with Gasteiger partial charge in [0.05, 0.1) is 30.1 Å². The van der Waals surface area contributed by atoms with E-state index in [-0.39, 0.29) is 28.7 Å². The molecular weight excluding hydrogens is 1150 g/mol. The molecule has 12 unspecified atom stereocenters. The van der Waals surface area contributed by atoms with Gasteiger partial charge in [-0.3, -0.25) is 0 Å². The van der Waals surface area contributed by atoms with Crippen LogP contribution in [0.5, 0.6) is 5.88 Å². The standard InChI is InChI=1S/C86H98N4O4/c1-4-7-23-54(6-3)52-93-81-51-78(88-84(89-81)66-31-15-22-38-80(66)92)58-42-44-64-67-47-55(41-45-74(67)86(76(64)49-58)71-34-18-11-27-61(71)62-28-12-19-35-72(62)86)39-40-56(24-8-5-2)53-94-82-50-77(87-83(90-82)65-30-14-21-37-79(65)91)57-43-46-75-68(48-57)63-29-13-20-36-73(63)85(75)69-32-16-9-25-59(69)60-26-10-17-33-70(60)85/h9,11-12,16,18,20-21,25,27-28,32,34,36-37,41-47,49-51,54,56,61,64,67-68,71,74,76,84,88,91-92H,4-8,10,13-15,17,19,22-24,26,29-31,33,35,38-40,48,52-53H2,1-3H3. The van der Waals surface area contributed by atoms with E-state index in [1.54, 1.807) is 39.0 Å². The topological polar surface area (TPSA) is 109 Å². The second-order valence-electron chi connectivity index (χ2n) is 29.9. The molecule has 14 aliphatic rings. The molecule has 0 bridgehead atoms. The van der Waals surface area contributed by atoms with Crippen LogP contribution in [-0.4, -0.2) is 45.5 Å². The van der Waals surface area contributed by atoms with E-state index in [0.717, 1.165) is 132 Å². The molecule has 13 aliphatic carbocycles. The zero-order valence-corrected chi connectivity index (χ0v) is 56.1. The molecule has 1 aliphatic heterocycles. The Balaban J connectivity index is 0.690. The number of aliphatic hydroxyl groups excluding tert-OH is 2. The fourth-order valence-electron chi connectivity index (χ4n) is 20.5. The number of unbranched alkanes of at least 4 members (excludes halogenated alkanes) is 2. The zero-order valence-electron chi connectivity index (χ0n) is 56.1. The van der Waals surface area contributed by atoms with Gasteiger partial charge < -0.3 is 25.0 Å². The average molecular weight is 1250 g/mol. The number of hydrogen-bond acceptors (Lipinski definition) is 8. The van der Waals surface area contributed by atoms with Crippen molar-refractivity contribution >= 4 is 22.6 Å². The lowest BCUT2D eigenvalue weighted by Crippen LogP contribution is -2.41. The summed E-state index contributed by atoms with van der Waals surface area (Å²) in [5.74, 6) is 5.76. The molecule has 486 valence electrons. The SMILES string of the molecule is CCCCC(CC)COC1=NC(C2=C(O)CCCC2)NC(C2=CC3C(C=C2)C2C=C(CCC(CCCC)COc4cc(C5=CC=C6C(C5)C5=C(C=CCC5)C65C6=C(CCCC6)c6ccccc65)nc(C5=C(O)C=CCC5)n4)C=CC2C32C3=C(C=CCC3)C3C=CC=CC32)=C1. The van der Waals surface area contributed by atoms with Gasteiger partial charge in [-0.25, -0.2) is 9.98 Å². The molecule has 12 atom stereocenters. The lowest BCUT2D eigenvalue weighted by atomic mass is 9.57. The lowest BCUT2D eigenvalue weighted by Gasteiger charge is -2.46. The van der Waals surface area contributed by atoms with E-state index >= 15 is 0 Å². The second kappa shape index (κ2) is 25.9. The monoisotopic (exact) mass is 1250 g/mol. The Morgan fingerprint density at radius 3 is 2.37 bits per heavy atom. The Bertz CT molecular complexity index is 4000. The molecule has 8 nitrogen and oxygen atoms in total. The number of nitrogens with one attached hydrogen (secondary N) is 1. The van der Waals surface area contributed by atoms with Crippen LogP contribution in [0.2, 0.25) is 0 Å². The number of ether oxygens (including phenoxy) is 2. The van der Waals surface area contributed by atoms with Crippen LogP contribution < -0.4 is 10.1 Å². The highest BCUT2D eigenvalue weighted by molar-refractivity contribution is 5.91. The Morgan fingerprint density at radius 1 is 0.681 bits per heavy atom. The minimum Gasteiger partial charge on any atom is -0.512 e. The number of fused-ring (bicyclic) bond motifs is 17. The molecule has 16 rings (SSSR count). The lowest BCUT2D eigenvalue weighted by molar-refractivity contribution is 0.155. The Labute approximate surface area is 559 Å². The van der Waals surface area contributed by atoms with Crippen molar-refractivity contribution in [3.8, 4) is 5.88 Å². The van der Waals surface area contributed by atoms with Crippen LogP contribution in [0.3, 0.4) is 0 Å². The number of nitrogens with zero attached hydrogens (tertiary/aromatic N) is 3. The van der Waals surface area contributed by atoms with Crippen LogP contribution in [0, 0.1) is 58.7 Å². The highest BCUT2D eigenvalue weighted by Gasteiger charge is 2.67. The van der Waals surface area contributed by atoms with Crippen molar-refractivity contribution in [3.63, 3.8) is 0 Å². The van der Waals surface area contributed by atoms with Gasteiger partial charge in [-0.1, -0.05) is 197 Å². The summed E-state index contributed by atoms with van der Waals surface area (Å²) in [5, 5.41) is 26.7. The highest BCUT2D eigenvalue weighted by atomic mass is 16.5. The van der Waals surface area contributed by atoms with Gasteiger partial charge in [0.1, 0.15) is 11.9 Å². The van der Waals surface area contributed by atoms with Crippen molar-refractivity contribution in [3.05, 3.63) is 236 Å². The summed E-state index contributed by atoms with van der Waals surface area (Å²) in [6.07, 6.45) is 71.1. The number of aromatic nitrogens is 2. The van der Waals surface area contributed by atoms with E-state index in [2.05, 4.69) is 160 Å². The number of allylic oxidation sites excluding steroid dienone is 29. The fraction of sp³-hybridized carbons (Fsp3) is 0.477. The van der Waals surface area contributed by atoms with Crippen molar-refractivity contribution in [1.29, 1.82) is 0 Å². The summed E-state index contributed by atoms with van der Waals surface area (Å²) in [7, 11) is 0.